The number of nitrogens with zero attached hydrogens (tertiary/aromatic N) is 2. The Bertz CT molecular complexity index is 318. The molecule has 5 heteroatoms. The van der Waals surface area contributed by atoms with Crippen LogP contribution < -0.4 is 5.73 Å². The Morgan fingerprint density at radius 3 is 3.07 bits per heavy atom. The summed E-state index contributed by atoms with van der Waals surface area (Å²) in [7, 11) is 0. The van der Waals surface area contributed by atoms with Gasteiger partial charge in [0, 0.05) is 13.0 Å². The lowest BCUT2D eigenvalue weighted by Gasteiger charge is -2.17. The fourth-order valence-corrected chi connectivity index (χ4v) is 1.78. The second kappa shape index (κ2) is 4.28. The summed E-state index contributed by atoms with van der Waals surface area (Å²) in [5.74, 6) is 1.33. The lowest BCUT2D eigenvalue weighted by atomic mass is 10.0. The maximum Gasteiger partial charge on any atom is 0.226 e. The second-order valence-corrected chi connectivity index (χ2v) is 4.09. The van der Waals surface area contributed by atoms with Crippen LogP contribution in [0, 0.1) is 0 Å². The molecule has 15 heavy (non-hydrogen) atoms. The largest absolute Gasteiger partial charge is 0.367 e. The fraction of sp³-hybridized carbons (Fsp3) is 0.800. The van der Waals surface area contributed by atoms with Gasteiger partial charge in [-0.2, -0.15) is 4.98 Å². The van der Waals surface area contributed by atoms with Crippen LogP contribution in [-0.4, -0.2) is 23.3 Å². The average molecular weight is 211 g/mol. The lowest BCUT2D eigenvalue weighted by Crippen LogP contribution is -2.21. The number of nitrogens with two attached hydrogens (primary N) is 1. The topological polar surface area (TPSA) is 74.2 Å². The van der Waals surface area contributed by atoms with Gasteiger partial charge in [0.25, 0.3) is 0 Å². The molecule has 2 N–H and O–H groups in total. The summed E-state index contributed by atoms with van der Waals surface area (Å²) in [6.45, 7) is 3.44. The van der Waals surface area contributed by atoms with Crippen molar-refractivity contribution < 1.29 is 9.26 Å². The molecule has 1 saturated heterocycles. The summed E-state index contributed by atoms with van der Waals surface area (Å²) in [4.78, 5) is 4.34. The fourth-order valence-electron chi connectivity index (χ4n) is 1.78. The van der Waals surface area contributed by atoms with Crippen molar-refractivity contribution in [2.45, 2.75) is 38.2 Å². The minimum Gasteiger partial charge on any atom is -0.367 e. The Balaban J connectivity index is 2.05. The first-order valence-corrected chi connectivity index (χ1v) is 5.42. The van der Waals surface area contributed by atoms with Crippen molar-refractivity contribution in [3.8, 4) is 0 Å². The summed E-state index contributed by atoms with van der Waals surface area (Å²) >= 11 is 0. The van der Waals surface area contributed by atoms with E-state index < -0.39 is 0 Å². The first kappa shape index (κ1) is 10.6. The van der Waals surface area contributed by atoms with Gasteiger partial charge in [0.15, 0.2) is 0 Å². The molecule has 0 bridgehead atoms. The summed E-state index contributed by atoms with van der Waals surface area (Å²) in [6, 6.07) is 0. The summed E-state index contributed by atoms with van der Waals surface area (Å²) in [5, 5.41) is 3.97. The maximum atomic E-state index is 5.63. The molecule has 0 radical (unpaired) electrons. The molecule has 1 aromatic heterocycles. The van der Waals surface area contributed by atoms with E-state index in [1.54, 1.807) is 0 Å². The van der Waals surface area contributed by atoms with E-state index in [4.69, 9.17) is 15.0 Å². The molecule has 1 fully saturated rings. The molecule has 1 aliphatic heterocycles. The van der Waals surface area contributed by atoms with E-state index in [9.17, 15) is 0 Å². The first-order chi connectivity index (χ1) is 7.24. The SMILES string of the molecule is CC1(c2noc(CCCN)n2)CCCO1. The molecular weight excluding hydrogens is 194 g/mol. The van der Waals surface area contributed by atoms with Gasteiger partial charge in [0.2, 0.25) is 11.7 Å². The zero-order valence-electron chi connectivity index (χ0n) is 9.03. The predicted octanol–water partition coefficient (Wildman–Crippen LogP) is 0.986. The van der Waals surface area contributed by atoms with E-state index in [1.807, 2.05) is 6.92 Å². The minimum atomic E-state index is -0.343. The molecule has 0 amide bonds. The quantitative estimate of drug-likeness (QED) is 0.803. The van der Waals surface area contributed by atoms with Crippen LogP contribution in [0.2, 0.25) is 0 Å². The minimum absolute atomic E-state index is 0.343. The Morgan fingerprint density at radius 2 is 2.40 bits per heavy atom. The maximum absolute atomic E-state index is 5.63. The van der Waals surface area contributed by atoms with E-state index in [-0.39, 0.29) is 5.60 Å². The standard InChI is InChI=1S/C10H17N3O2/c1-10(5-3-7-14-10)9-12-8(15-13-9)4-2-6-11/h2-7,11H2,1H3. The predicted molar refractivity (Wildman–Crippen MR) is 54.2 cm³/mol. The number of ether oxygens (including phenoxy) is 1. The average Bonchev–Trinajstić information content (AvgIpc) is 2.84. The van der Waals surface area contributed by atoms with Crippen molar-refractivity contribution in [2.75, 3.05) is 13.2 Å². The zero-order valence-corrected chi connectivity index (χ0v) is 9.03. The van der Waals surface area contributed by atoms with Crippen LogP contribution in [-0.2, 0) is 16.8 Å². The Hall–Kier alpha value is -0.940. The van der Waals surface area contributed by atoms with Crippen molar-refractivity contribution in [1.29, 1.82) is 0 Å². The van der Waals surface area contributed by atoms with Gasteiger partial charge in [-0.05, 0) is 32.7 Å². The van der Waals surface area contributed by atoms with Crippen LogP contribution >= 0.6 is 0 Å². The van der Waals surface area contributed by atoms with Crippen LogP contribution in [0.4, 0.5) is 0 Å². The highest BCUT2D eigenvalue weighted by atomic mass is 16.5. The van der Waals surface area contributed by atoms with Gasteiger partial charge in [0.05, 0.1) is 0 Å². The van der Waals surface area contributed by atoms with Crippen LogP contribution in [0.15, 0.2) is 4.52 Å². The summed E-state index contributed by atoms with van der Waals surface area (Å²) in [6.07, 6.45) is 3.64. The number of aromatic nitrogens is 2. The van der Waals surface area contributed by atoms with Gasteiger partial charge < -0.3 is 15.0 Å². The number of rotatable bonds is 4. The van der Waals surface area contributed by atoms with Crippen LogP contribution in [0.3, 0.4) is 0 Å². The van der Waals surface area contributed by atoms with Crippen molar-refractivity contribution in [2.24, 2.45) is 5.73 Å². The molecular formula is C10H17N3O2. The normalized spacial score (nSPS) is 26.0. The zero-order chi connectivity index (χ0) is 10.7. The van der Waals surface area contributed by atoms with E-state index in [0.29, 0.717) is 18.3 Å². The van der Waals surface area contributed by atoms with Gasteiger partial charge in [-0.25, -0.2) is 0 Å². The summed E-state index contributed by atoms with van der Waals surface area (Å²) < 4.78 is 10.8. The number of hydrogen-bond acceptors (Lipinski definition) is 5. The summed E-state index contributed by atoms with van der Waals surface area (Å²) in [5.41, 5.74) is 5.07. The van der Waals surface area contributed by atoms with E-state index in [0.717, 1.165) is 32.3 Å². The van der Waals surface area contributed by atoms with Gasteiger partial charge in [-0.3, -0.25) is 0 Å². The molecule has 2 heterocycles. The molecule has 84 valence electrons. The van der Waals surface area contributed by atoms with Crippen LogP contribution in [0.1, 0.15) is 37.9 Å². The highest BCUT2D eigenvalue weighted by Gasteiger charge is 2.36. The molecule has 1 atom stereocenters. The van der Waals surface area contributed by atoms with Gasteiger partial charge in [0.1, 0.15) is 5.60 Å². The highest BCUT2D eigenvalue weighted by Crippen LogP contribution is 2.33. The van der Waals surface area contributed by atoms with Crippen molar-refractivity contribution in [3.63, 3.8) is 0 Å². The third-order valence-corrected chi connectivity index (χ3v) is 2.75. The van der Waals surface area contributed by atoms with E-state index in [2.05, 4.69) is 10.1 Å². The molecule has 1 aliphatic rings. The smallest absolute Gasteiger partial charge is 0.226 e. The van der Waals surface area contributed by atoms with Gasteiger partial charge in [-0.1, -0.05) is 5.16 Å². The first-order valence-electron chi connectivity index (χ1n) is 5.42. The van der Waals surface area contributed by atoms with Crippen molar-refractivity contribution in [3.05, 3.63) is 11.7 Å². The molecule has 0 aromatic carbocycles. The third kappa shape index (κ3) is 2.18. The molecule has 1 aromatic rings. The molecule has 1 unspecified atom stereocenters. The lowest BCUT2D eigenvalue weighted by molar-refractivity contribution is 0.00768. The second-order valence-electron chi connectivity index (χ2n) is 4.09. The van der Waals surface area contributed by atoms with Gasteiger partial charge in [-0.15, -0.1) is 0 Å². The van der Waals surface area contributed by atoms with Crippen LogP contribution in [0.25, 0.3) is 0 Å². The highest BCUT2D eigenvalue weighted by molar-refractivity contribution is 5.01. The monoisotopic (exact) mass is 211 g/mol. The molecule has 5 nitrogen and oxygen atoms in total. The molecule has 2 rings (SSSR count). The van der Waals surface area contributed by atoms with E-state index in [1.165, 1.54) is 0 Å². The Morgan fingerprint density at radius 1 is 1.53 bits per heavy atom. The van der Waals surface area contributed by atoms with Gasteiger partial charge >= 0.3 is 0 Å². The van der Waals surface area contributed by atoms with Crippen LogP contribution in [0.5, 0.6) is 0 Å². The van der Waals surface area contributed by atoms with Crippen molar-refractivity contribution >= 4 is 0 Å². The molecule has 0 saturated carbocycles. The van der Waals surface area contributed by atoms with Crippen molar-refractivity contribution in [1.82, 2.24) is 10.1 Å². The number of hydrogen-bond donors (Lipinski definition) is 1. The Labute approximate surface area is 89.0 Å². The number of aryl methyl sites for hydroxylation is 1. The molecule has 0 spiro atoms. The Kier molecular flexibility index (Phi) is 3.02. The van der Waals surface area contributed by atoms with E-state index >= 15 is 0 Å². The molecule has 0 aliphatic carbocycles. The third-order valence-electron chi connectivity index (χ3n) is 2.75.